The first-order chi connectivity index (χ1) is 8.20. The van der Waals surface area contributed by atoms with E-state index in [1.54, 1.807) is 10.6 Å². The number of aromatic nitrogens is 1. The Morgan fingerprint density at radius 1 is 1.35 bits per heavy atom. The third-order valence-electron chi connectivity index (χ3n) is 3.79. The van der Waals surface area contributed by atoms with Gasteiger partial charge in [-0.05, 0) is 31.7 Å². The van der Waals surface area contributed by atoms with Crippen LogP contribution in [0.3, 0.4) is 0 Å². The van der Waals surface area contributed by atoms with E-state index >= 15 is 0 Å². The van der Waals surface area contributed by atoms with Crippen molar-refractivity contribution in [3.8, 4) is 0 Å². The molecule has 0 spiro atoms. The highest BCUT2D eigenvalue weighted by atomic mass is 16.1. The number of pyridine rings is 1. The minimum atomic E-state index is 0.0785. The van der Waals surface area contributed by atoms with Crippen molar-refractivity contribution in [2.24, 2.45) is 5.92 Å². The fourth-order valence-corrected chi connectivity index (χ4v) is 2.61. The second kappa shape index (κ2) is 5.39. The SMILES string of the molecule is CCn1cc(NC2CCCCC2C)ccc1=O. The summed E-state index contributed by atoms with van der Waals surface area (Å²) in [5.74, 6) is 0.728. The summed E-state index contributed by atoms with van der Waals surface area (Å²) in [5.41, 5.74) is 1.15. The highest BCUT2D eigenvalue weighted by Gasteiger charge is 2.20. The van der Waals surface area contributed by atoms with E-state index in [9.17, 15) is 4.79 Å². The van der Waals surface area contributed by atoms with E-state index < -0.39 is 0 Å². The number of rotatable bonds is 3. The predicted molar refractivity (Wildman–Crippen MR) is 71.4 cm³/mol. The monoisotopic (exact) mass is 234 g/mol. The van der Waals surface area contributed by atoms with E-state index in [1.807, 2.05) is 19.2 Å². The van der Waals surface area contributed by atoms with Gasteiger partial charge in [0.05, 0.1) is 5.69 Å². The lowest BCUT2D eigenvalue weighted by molar-refractivity contribution is 0.349. The Morgan fingerprint density at radius 3 is 2.82 bits per heavy atom. The van der Waals surface area contributed by atoms with Crippen molar-refractivity contribution in [3.05, 3.63) is 28.7 Å². The molecule has 0 bridgehead atoms. The van der Waals surface area contributed by atoms with E-state index in [0.717, 1.165) is 18.2 Å². The number of nitrogens with zero attached hydrogens (tertiary/aromatic N) is 1. The normalized spacial score (nSPS) is 24.6. The molecular weight excluding hydrogens is 212 g/mol. The molecule has 2 rings (SSSR count). The molecule has 0 amide bonds. The van der Waals surface area contributed by atoms with Crippen LogP contribution in [0.4, 0.5) is 5.69 Å². The summed E-state index contributed by atoms with van der Waals surface area (Å²) in [6.07, 6.45) is 7.16. The highest BCUT2D eigenvalue weighted by molar-refractivity contribution is 5.41. The number of hydrogen-bond acceptors (Lipinski definition) is 2. The van der Waals surface area contributed by atoms with Gasteiger partial charge in [-0.25, -0.2) is 0 Å². The summed E-state index contributed by atoms with van der Waals surface area (Å²) in [4.78, 5) is 11.5. The van der Waals surface area contributed by atoms with Crippen LogP contribution in [0.1, 0.15) is 39.5 Å². The lowest BCUT2D eigenvalue weighted by Gasteiger charge is -2.30. The van der Waals surface area contributed by atoms with E-state index in [1.165, 1.54) is 25.7 Å². The zero-order valence-electron chi connectivity index (χ0n) is 10.8. The van der Waals surface area contributed by atoms with Crippen LogP contribution in [-0.4, -0.2) is 10.6 Å². The van der Waals surface area contributed by atoms with E-state index in [4.69, 9.17) is 0 Å². The molecule has 0 radical (unpaired) electrons. The fraction of sp³-hybridized carbons (Fsp3) is 0.643. The zero-order valence-corrected chi connectivity index (χ0v) is 10.8. The molecule has 1 saturated carbocycles. The van der Waals surface area contributed by atoms with Crippen molar-refractivity contribution < 1.29 is 0 Å². The fourth-order valence-electron chi connectivity index (χ4n) is 2.61. The number of anilines is 1. The number of aryl methyl sites for hydroxylation is 1. The highest BCUT2D eigenvalue weighted by Crippen LogP contribution is 2.26. The second-order valence-electron chi connectivity index (χ2n) is 5.05. The van der Waals surface area contributed by atoms with Crippen LogP contribution in [0.2, 0.25) is 0 Å². The quantitative estimate of drug-likeness (QED) is 0.872. The van der Waals surface area contributed by atoms with Crippen molar-refractivity contribution >= 4 is 5.69 Å². The van der Waals surface area contributed by atoms with Crippen molar-refractivity contribution in [1.82, 2.24) is 4.57 Å². The number of nitrogens with one attached hydrogen (secondary N) is 1. The number of hydrogen-bond donors (Lipinski definition) is 1. The van der Waals surface area contributed by atoms with Gasteiger partial charge >= 0.3 is 0 Å². The first-order valence-electron chi connectivity index (χ1n) is 6.67. The topological polar surface area (TPSA) is 34.0 Å². The zero-order chi connectivity index (χ0) is 12.3. The smallest absolute Gasteiger partial charge is 0.250 e. The van der Waals surface area contributed by atoms with Crippen LogP contribution < -0.4 is 10.9 Å². The molecule has 0 saturated heterocycles. The van der Waals surface area contributed by atoms with Gasteiger partial charge in [0.2, 0.25) is 0 Å². The Balaban J connectivity index is 2.10. The van der Waals surface area contributed by atoms with Crippen molar-refractivity contribution in [2.45, 2.75) is 52.1 Å². The van der Waals surface area contributed by atoms with Gasteiger partial charge in [0.25, 0.3) is 5.56 Å². The van der Waals surface area contributed by atoms with Crippen LogP contribution in [0.15, 0.2) is 23.1 Å². The lowest BCUT2D eigenvalue weighted by Crippen LogP contribution is -2.31. The molecule has 0 aliphatic heterocycles. The minimum Gasteiger partial charge on any atom is -0.381 e. The Kier molecular flexibility index (Phi) is 3.87. The molecule has 1 N–H and O–H groups in total. The van der Waals surface area contributed by atoms with Gasteiger partial charge in [0.1, 0.15) is 0 Å². The van der Waals surface area contributed by atoms with Crippen LogP contribution >= 0.6 is 0 Å². The van der Waals surface area contributed by atoms with E-state index in [2.05, 4.69) is 12.2 Å². The molecule has 17 heavy (non-hydrogen) atoms. The molecule has 2 unspecified atom stereocenters. The minimum absolute atomic E-state index is 0.0785. The van der Waals surface area contributed by atoms with Gasteiger partial charge in [0.15, 0.2) is 0 Å². The summed E-state index contributed by atoms with van der Waals surface area (Å²) in [5, 5.41) is 3.57. The Morgan fingerprint density at radius 2 is 2.12 bits per heavy atom. The Labute approximate surface area is 103 Å². The summed E-state index contributed by atoms with van der Waals surface area (Å²) in [6.45, 7) is 5.04. The molecule has 94 valence electrons. The van der Waals surface area contributed by atoms with Crippen molar-refractivity contribution in [3.63, 3.8) is 0 Å². The average Bonchev–Trinajstić information content (AvgIpc) is 2.34. The maximum atomic E-state index is 11.5. The van der Waals surface area contributed by atoms with Gasteiger partial charge in [-0.1, -0.05) is 19.8 Å². The van der Waals surface area contributed by atoms with Crippen LogP contribution in [0.25, 0.3) is 0 Å². The van der Waals surface area contributed by atoms with Crippen LogP contribution in [0.5, 0.6) is 0 Å². The van der Waals surface area contributed by atoms with Gasteiger partial charge < -0.3 is 9.88 Å². The van der Waals surface area contributed by atoms with Crippen molar-refractivity contribution in [2.75, 3.05) is 5.32 Å². The summed E-state index contributed by atoms with van der Waals surface area (Å²) < 4.78 is 1.75. The van der Waals surface area contributed by atoms with Gasteiger partial charge in [-0.2, -0.15) is 0 Å². The van der Waals surface area contributed by atoms with E-state index in [0.29, 0.717) is 6.04 Å². The summed E-state index contributed by atoms with van der Waals surface area (Å²) in [7, 11) is 0. The molecule has 1 aromatic rings. The first-order valence-corrected chi connectivity index (χ1v) is 6.67. The molecule has 3 heteroatoms. The van der Waals surface area contributed by atoms with Crippen LogP contribution in [-0.2, 0) is 6.54 Å². The molecule has 1 fully saturated rings. The summed E-state index contributed by atoms with van der Waals surface area (Å²) >= 11 is 0. The standard InChI is InChI=1S/C14H22N2O/c1-3-16-10-12(8-9-14(16)17)15-13-7-5-4-6-11(13)2/h8-11,13,15H,3-7H2,1-2H3. The second-order valence-corrected chi connectivity index (χ2v) is 5.05. The first kappa shape index (κ1) is 12.2. The Hall–Kier alpha value is -1.25. The van der Waals surface area contributed by atoms with Crippen LogP contribution in [0, 0.1) is 5.92 Å². The largest absolute Gasteiger partial charge is 0.381 e. The average molecular weight is 234 g/mol. The molecule has 1 aliphatic rings. The lowest BCUT2D eigenvalue weighted by atomic mass is 9.86. The molecule has 1 heterocycles. The predicted octanol–water partition coefficient (Wildman–Crippen LogP) is 2.86. The Bertz CT molecular complexity index is 424. The molecule has 3 nitrogen and oxygen atoms in total. The van der Waals surface area contributed by atoms with Gasteiger partial charge in [-0.3, -0.25) is 4.79 Å². The third-order valence-corrected chi connectivity index (χ3v) is 3.79. The molecule has 1 aliphatic carbocycles. The van der Waals surface area contributed by atoms with Crippen molar-refractivity contribution in [1.29, 1.82) is 0 Å². The molecular formula is C14H22N2O. The van der Waals surface area contributed by atoms with Gasteiger partial charge in [-0.15, -0.1) is 0 Å². The van der Waals surface area contributed by atoms with Gasteiger partial charge in [0, 0.05) is 24.8 Å². The summed E-state index contributed by atoms with van der Waals surface area (Å²) in [6, 6.07) is 4.11. The molecule has 2 atom stereocenters. The molecule has 0 aromatic carbocycles. The third kappa shape index (κ3) is 2.90. The van der Waals surface area contributed by atoms with E-state index in [-0.39, 0.29) is 5.56 Å². The molecule has 1 aromatic heterocycles. The maximum absolute atomic E-state index is 11.5. The maximum Gasteiger partial charge on any atom is 0.250 e.